The lowest BCUT2D eigenvalue weighted by molar-refractivity contribution is -0.141. The molecular weight excluding hydrogens is 1080 g/mol. The fourth-order valence-electron chi connectivity index (χ4n) is 8.17. The number of hydrogen-bond acceptors (Lipinski definition) is 15. The van der Waals surface area contributed by atoms with Gasteiger partial charge in [-0.05, 0) is 102 Å². The summed E-state index contributed by atoms with van der Waals surface area (Å²) >= 11 is 0. The Morgan fingerprint density at radius 2 is 1.02 bits per heavy atom. The van der Waals surface area contributed by atoms with E-state index >= 15 is 0 Å². The molecule has 0 aliphatic heterocycles. The molecule has 1 saturated carbocycles. The maximum atomic E-state index is 13.7. The van der Waals surface area contributed by atoms with Crippen LogP contribution in [0.2, 0.25) is 0 Å². The molecule has 448 valence electrons. The molecule has 16 N–H and O–H groups in total. The van der Waals surface area contributed by atoms with Gasteiger partial charge in [0.2, 0.25) is 47.3 Å². The Bertz CT molecular complexity index is 2470. The molecule has 1 aromatic rings. The van der Waals surface area contributed by atoms with E-state index in [1.54, 1.807) is 6.07 Å². The number of nitrogens with one attached hydrogen (secondary N) is 10. The zero-order valence-corrected chi connectivity index (χ0v) is 44.8. The van der Waals surface area contributed by atoms with Gasteiger partial charge in [-0.2, -0.15) is 0 Å². The quantitative estimate of drug-likeness (QED) is 0.0310. The van der Waals surface area contributed by atoms with E-state index in [0.29, 0.717) is 31.2 Å². The van der Waals surface area contributed by atoms with Gasteiger partial charge in [0, 0.05) is 51.6 Å². The number of urea groups is 1. The molecule has 1 fully saturated rings. The lowest BCUT2D eigenvalue weighted by atomic mass is 9.81. The molecule has 0 unspecified atom stereocenters. The summed E-state index contributed by atoms with van der Waals surface area (Å²) in [5, 5.41) is 79.7. The van der Waals surface area contributed by atoms with Crippen molar-refractivity contribution in [3.63, 3.8) is 0 Å². The van der Waals surface area contributed by atoms with E-state index in [1.165, 1.54) is 39.0 Å². The fraction of sp³-hybridized carbons (Fsp3) is 0.580. The first kappa shape index (κ1) is 68.2. The van der Waals surface area contributed by atoms with Crippen LogP contribution in [0.5, 0.6) is 0 Å². The lowest BCUT2D eigenvalue weighted by Crippen LogP contribution is -2.57. The molecule has 7 atom stereocenters. The van der Waals surface area contributed by atoms with E-state index in [1.807, 2.05) is 5.32 Å². The number of aromatic carboxylic acids is 1. The molecule has 81 heavy (non-hydrogen) atoms. The van der Waals surface area contributed by atoms with Crippen molar-refractivity contribution in [3.8, 4) is 0 Å². The SMILES string of the molecule is CC(=O)N[C@@H](C)C(=O)N[C@@H](C)C(=O)N[C@@H](CCC(=O)O)C(=O)N[C@@H](CCC(=O)O)C(=O)NCC(=O)NCC1CCC(C(=O)N[C@@H](Cc2cccc(C(=O)O)c2)C(=O)NCCCC[C@H](NC(=O)N[C@@H](CCC(=O)O)C(=O)O)C(=O)O)CC1. The highest BCUT2D eigenvalue weighted by Gasteiger charge is 2.33. The predicted octanol–water partition coefficient (Wildman–Crippen LogP) is -2.46. The molecule has 2 rings (SSSR count). The first-order chi connectivity index (χ1) is 38.1. The maximum Gasteiger partial charge on any atom is 0.335 e. The zero-order valence-electron chi connectivity index (χ0n) is 44.8. The van der Waals surface area contributed by atoms with Crippen LogP contribution in [0.15, 0.2) is 24.3 Å². The van der Waals surface area contributed by atoms with Crippen LogP contribution in [-0.2, 0) is 68.7 Å². The van der Waals surface area contributed by atoms with Gasteiger partial charge in [0.05, 0.1) is 12.1 Å². The number of rotatable bonds is 36. The number of carboxylic acid groups (broad SMARTS) is 6. The van der Waals surface area contributed by atoms with Crippen molar-refractivity contribution in [2.24, 2.45) is 11.8 Å². The minimum Gasteiger partial charge on any atom is -0.481 e. The normalized spacial score (nSPS) is 16.2. The molecule has 1 aliphatic rings. The van der Waals surface area contributed by atoms with Crippen molar-refractivity contribution in [1.82, 2.24) is 53.2 Å². The average Bonchev–Trinajstić information content (AvgIpc) is 3.41. The summed E-state index contributed by atoms with van der Waals surface area (Å²) in [6.07, 6.45) is -1.71. The predicted molar refractivity (Wildman–Crippen MR) is 277 cm³/mol. The largest absolute Gasteiger partial charge is 0.481 e. The Labute approximate surface area is 463 Å². The molecule has 0 saturated heterocycles. The topological polar surface area (TPSA) is 498 Å². The second-order valence-corrected chi connectivity index (χ2v) is 19.3. The second kappa shape index (κ2) is 34.8. The second-order valence-electron chi connectivity index (χ2n) is 19.3. The van der Waals surface area contributed by atoms with Gasteiger partial charge < -0.3 is 83.8 Å². The van der Waals surface area contributed by atoms with E-state index in [4.69, 9.17) is 5.11 Å². The summed E-state index contributed by atoms with van der Waals surface area (Å²) < 4.78 is 0. The van der Waals surface area contributed by atoms with Crippen molar-refractivity contribution >= 4 is 89.1 Å². The van der Waals surface area contributed by atoms with Gasteiger partial charge in [0.1, 0.15) is 42.3 Å². The molecule has 31 nitrogen and oxygen atoms in total. The van der Waals surface area contributed by atoms with Gasteiger partial charge in [0.25, 0.3) is 0 Å². The zero-order chi connectivity index (χ0) is 60.9. The molecule has 0 heterocycles. The molecule has 1 aromatic carbocycles. The molecule has 0 spiro atoms. The minimum atomic E-state index is -1.60. The van der Waals surface area contributed by atoms with Gasteiger partial charge >= 0.3 is 41.8 Å². The highest BCUT2D eigenvalue weighted by atomic mass is 16.4. The third kappa shape index (κ3) is 27.0. The number of carbonyl (C=O) groups is 15. The summed E-state index contributed by atoms with van der Waals surface area (Å²) in [6.45, 7) is 3.23. The van der Waals surface area contributed by atoms with Crippen molar-refractivity contribution in [2.45, 2.75) is 153 Å². The Morgan fingerprint density at radius 1 is 0.519 bits per heavy atom. The molecular formula is C50H72N10O21. The minimum absolute atomic E-state index is 0.0248. The van der Waals surface area contributed by atoms with Crippen molar-refractivity contribution in [1.29, 1.82) is 0 Å². The van der Waals surface area contributed by atoms with Gasteiger partial charge in [-0.25, -0.2) is 19.2 Å². The first-order valence-electron chi connectivity index (χ1n) is 25.9. The van der Waals surface area contributed by atoms with E-state index in [0.717, 1.165) is 0 Å². The highest BCUT2D eigenvalue weighted by Crippen LogP contribution is 2.29. The van der Waals surface area contributed by atoms with E-state index in [-0.39, 0.29) is 50.3 Å². The van der Waals surface area contributed by atoms with Crippen LogP contribution < -0.4 is 53.2 Å². The smallest absolute Gasteiger partial charge is 0.335 e. The van der Waals surface area contributed by atoms with Crippen LogP contribution in [0.1, 0.15) is 120 Å². The standard InChI is InChI=1S/C50H72N10O21/c1-25(54-27(3)61)41(69)55-26(2)42(70)56-33(15-18-39(65)66)46(74)57-32(14-17-38(63)64)44(72)53-24-37(62)52-23-28-10-12-30(13-11-28)43(71)58-36(22-29-7-6-8-31(21-29)47(75)76)45(73)51-20-5-4-9-34(48(77)78)59-50(81)60-35(49(79)80)16-19-40(67)68/h6-8,21,25-26,28,30,32-36H,4-5,9-20,22-24H2,1-3H3,(H,51,73)(H,52,62)(H,53,72)(H,54,61)(H,55,69)(H,56,70)(H,57,74)(H,58,71)(H,63,64)(H,65,66)(H,67,68)(H,75,76)(H,77,78)(H,79,80)(H2,59,60,81)/t25-,26-,28?,30?,32-,33-,34-,35-,36-/m0/s1. The monoisotopic (exact) mass is 1150 g/mol. The summed E-state index contributed by atoms with van der Waals surface area (Å²) in [7, 11) is 0. The summed E-state index contributed by atoms with van der Waals surface area (Å²) in [5.41, 5.74) is 0.337. The number of amides is 10. The Kier molecular flexibility index (Phi) is 29.3. The first-order valence-corrected chi connectivity index (χ1v) is 25.9. The average molecular weight is 1150 g/mol. The van der Waals surface area contributed by atoms with Crippen molar-refractivity contribution in [2.75, 3.05) is 19.6 Å². The third-order valence-electron chi connectivity index (χ3n) is 12.7. The lowest BCUT2D eigenvalue weighted by Gasteiger charge is -2.29. The fourth-order valence-corrected chi connectivity index (χ4v) is 8.17. The van der Waals surface area contributed by atoms with Crippen LogP contribution in [0.25, 0.3) is 0 Å². The number of aliphatic carboxylic acids is 5. The molecule has 31 heteroatoms. The molecule has 10 amide bonds. The van der Waals surface area contributed by atoms with E-state index in [2.05, 4.69) is 47.9 Å². The summed E-state index contributed by atoms with van der Waals surface area (Å²) in [5.74, 6) is -15.0. The number of carboxylic acids is 6. The molecule has 1 aliphatic carbocycles. The van der Waals surface area contributed by atoms with Gasteiger partial charge in [-0.1, -0.05) is 12.1 Å². The van der Waals surface area contributed by atoms with E-state index in [9.17, 15) is 97.5 Å². The van der Waals surface area contributed by atoms with Crippen molar-refractivity contribution < 1.29 is 103 Å². The van der Waals surface area contributed by atoms with Crippen LogP contribution in [0.3, 0.4) is 0 Å². The molecule has 0 bridgehead atoms. The molecule has 0 aromatic heterocycles. The van der Waals surface area contributed by atoms with Gasteiger partial charge in [-0.3, -0.25) is 52.7 Å². The number of benzene rings is 1. The number of carbonyl (C=O) groups excluding carboxylic acids is 9. The number of unbranched alkanes of at least 4 members (excludes halogenated alkanes) is 1. The van der Waals surface area contributed by atoms with Gasteiger partial charge in [0.15, 0.2) is 0 Å². The maximum absolute atomic E-state index is 13.7. The van der Waals surface area contributed by atoms with Crippen LogP contribution in [0.4, 0.5) is 4.79 Å². The van der Waals surface area contributed by atoms with Crippen LogP contribution in [0, 0.1) is 11.8 Å². The Hall–Kier alpha value is -8.93. The summed E-state index contributed by atoms with van der Waals surface area (Å²) in [4.78, 5) is 184. The van der Waals surface area contributed by atoms with E-state index < -0.39 is 182 Å². The van der Waals surface area contributed by atoms with Crippen molar-refractivity contribution in [3.05, 3.63) is 35.4 Å². The highest BCUT2D eigenvalue weighted by molar-refractivity contribution is 5.96. The Morgan fingerprint density at radius 3 is 1.57 bits per heavy atom. The Balaban J connectivity index is 2.00. The third-order valence-corrected chi connectivity index (χ3v) is 12.7. The van der Waals surface area contributed by atoms with Crippen LogP contribution >= 0.6 is 0 Å². The van der Waals surface area contributed by atoms with Gasteiger partial charge in [-0.15, -0.1) is 0 Å². The number of hydrogen-bond donors (Lipinski definition) is 16. The van der Waals surface area contributed by atoms with Crippen LogP contribution in [-0.4, -0.2) is 182 Å². The molecule has 0 radical (unpaired) electrons. The summed E-state index contributed by atoms with van der Waals surface area (Å²) in [6, 6.07) is -5.21.